The lowest BCUT2D eigenvalue weighted by atomic mass is 10.3. The van der Waals surface area contributed by atoms with Crippen LogP contribution in [0.1, 0.15) is 26.7 Å². The van der Waals surface area contributed by atoms with Crippen molar-refractivity contribution in [2.45, 2.75) is 26.7 Å². The summed E-state index contributed by atoms with van der Waals surface area (Å²) >= 11 is 0. The van der Waals surface area contributed by atoms with E-state index in [4.69, 9.17) is 0 Å². The van der Waals surface area contributed by atoms with Crippen molar-refractivity contribution < 1.29 is 0 Å². The highest BCUT2D eigenvalue weighted by Gasteiger charge is 2.13. The highest BCUT2D eigenvalue weighted by molar-refractivity contribution is 4.66. The SMILES string of the molecule is CCCN1CCCN(CC)C1. The quantitative estimate of drug-likeness (QED) is 0.609. The molecule has 1 fully saturated rings. The van der Waals surface area contributed by atoms with Gasteiger partial charge in [-0.2, -0.15) is 0 Å². The summed E-state index contributed by atoms with van der Waals surface area (Å²) in [5, 5.41) is 0. The summed E-state index contributed by atoms with van der Waals surface area (Å²) in [5.74, 6) is 0. The van der Waals surface area contributed by atoms with Crippen molar-refractivity contribution in [1.82, 2.24) is 9.80 Å². The van der Waals surface area contributed by atoms with Crippen molar-refractivity contribution in [2.75, 3.05) is 32.8 Å². The van der Waals surface area contributed by atoms with Crippen molar-refractivity contribution in [3.05, 3.63) is 0 Å². The molecule has 0 amide bonds. The monoisotopic (exact) mass is 156 g/mol. The van der Waals surface area contributed by atoms with Crippen LogP contribution in [0.2, 0.25) is 0 Å². The number of rotatable bonds is 3. The fraction of sp³-hybridized carbons (Fsp3) is 1.00. The van der Waals surface area contributed by atoms with Gasteiger partial charge < -0.3 is 0 Å². The molecule has 0 spiro atoms. The Bertz CT molecular complexity index is 102. The van der Waals surface area contributed by atoms with Crippen molar-refractivity contribution in [3.8, 4) is 0 Å². The second kappa shape index (κ2) is 4.73. The van der Waals surface area contributed by atoms with Gasteiger partial charge in [0, 0.05) is 13.1 Å². The molecule has 2 heteroatoms. The van der Waals surface area contributed by atoms with Gasteiger partial charge in [-0.1, -0.05) is 13.8 Å². The molecule has 1 aliphatic rings. The molecule has 1 aliphatic heterocycles. The molecule has 0 bridgehead atoms. The van der Waals surface area contributed by atoms with Gasteiger partial charge in [0.25, 0.3) is 0 Å². The zero-order valence-electron chi connectivity index (χ0n) is 7.84. The zero-order valence-corrected chi connectivity index (χ0v) is 7.84. The second-order valence-corrected chi connectivity index (χ2v) is 3.32. The third-order valence-electron chi connectivity index (χ3n) is 2.34. The van der Waals surface area contributed by atoms with E-state index >= 15 is 0 Å². The molecule has 0 aliphatic carbocycles. The Morgan fingerprint density at radius 2 is 1.82 bits per heavy atom. The van der Waals surface area contributed by atoms with Crippen LogP contribution in [0.4, 0.5) is 0 Å². The molecule has 0 N–H and O–H groups in total. The van der Waals surface area contributed by atoms with Gasteiger partial charge in [-0.25, -0.2) is 0 Å². The summed E-state index contributed by atoms with van der Waals surface area (Å²) in [6.07, 6.45) is 2.64. The molecule has 0 saturated carbocycles. The molecular weight excluding hydrogens is 136 g/mol. The molecule has 0 unspecified atom stereocenters. The maximum Gasteiger partial charge on any atom is 0.0506 e. The summed E-state index contributed by atoms with van der Waals surface area (Å²) < 4.78 is 0. The Balaban J connectivity index is 2.21. The Hall–Kier alpha value is -0.0800. The van der Waals surface area contributed by atoms with Gasteiger partial charge in [-0.3, -0.25) is 9.80 Å². The lowest BCUT2D eigenvalue weighted by Gasteiger charge is -2.34. The third kappa shape index (κ3) is 2.80. The molecule has 1 saturated heterocycles. The van der Waals surface area contributed by atoms with Crippen molar-refractivity contribution >= 4 is 0 Å². The van der Waals surface area contributed by atoms with Gasteiger partial charge in [0.15, 0.2) is 0 Å². The summed E-state index contributed by atoms with van der Waals surface area (Å²) in [4.78, 5) is 5.06. The smallest absolute Gasteiger partial charge is 0.0506 e. The normalized spacial score (nSPS) is 22.4. The van der Waals surface area contributed by atoms with Crippen LogP contribution in [0.5, 0.6) is 0 Å². The number of hydrogen-bond acceptors (Lipinski definition) is 2. The average Bonchev–Trinajstić information content (AvgIpc) is 2.06. The van der Waals surface area contributed by atoms with E-state index in [1.807, 2.05) is 0 Å². The molecule has 2 nitrogen and oxygen atoms in total. The molecule has 0 aromatic rings. The van der Waals surface area contributed by atoms with Gasteiger partial charge in [0.2, 0.25) is 0 Å². The van der Waals surface area contributed by atoms with Crippen LogP contribution in [0.25, 0.3) is 0 Å². The maximum atomic E-state index is 2.55. The Morgan fingerprint density at radius 3 is 2.45 bits per heavy atom. The molecule has 0 aromatic carbocycles. The minimum absolute atomic E-state index is 1.20. The summed E-state index contributed by atoms with van der Waals surface area (Å²) in [7, 11) is 0. The first-order valence-corrected chi connectivity index (χ1v) is 4.81. The van der Waals surface area contributed by atoms with Gasteiger partial charge in [-0.15, -0.1) is 0 Å². The fourth-order valence-corrected chi connectivity index (χ4v) is 1.70. The van der Waals surface area contributed by atoms with Crippen molar-refractivity contribution in [1.29, 1.82) is 0 Å². The summed E-state index contributed by atoms with van der Waals surface area (Å²) in [6.45, 7) is 10.8. The lowest BCUT2D eigenvalue weighted by Crippen LogP contribution is -2.44. The standard InChI is InChI=1S/C9H20N2/c1-3-6-11-8-5-7-10(4-2)9-11/h3-9H2,1-2H3. The van der Waals surface area contributed by atoms with Crippen molar-refractivity contribution in [2.24, 2.45) is 0 Å². The van der Waals surface area contributed by atoms with E-state index in [9.17, 15) is 0 Å². The molecule has 1 heterocycles. The van der Waals surface area contributed by atoms with Crippen LogP contribution >= 0.6 is 0 Å². The predicted molar refractivity (Wildman–Crippen MR) is 48.6 cm³/mol. The van der Waals surface area contributed by atoms with E-state index in [2.05, 4.69) is 23.6 Å². The third-order valence-corrected chi connectivity index (χ3v) is 2.34. The summed E-state index contributed by atoms with van der Waals surface area (Å²) in [5.41, 5.74) is 0. The van der Waals surface area contributed by atoms with E-state index in [0.29, 0.717) is 0 Å². The molecule has 1 rings (SSSR count). The minimum atomic E-state index is 1.20. The molecule has 0 atom stereocenters. The molecule has 11 heavy (non-hydrogen) atoms. The summed E-state index contributed by atoms with van der Waals surface area (Å²) in [6, 6.07) is 0. The highest BCUT2D eigenvalue weighted by Crippen LogP contribution is 2.05. The molecule has 66 valence electrons. The van der Waals surface area contributed by atoms with Crippen LogP contribution in [0.15, 0.2) is 0 Å². The van der Waals surface area contributed by atoms with E-state index in [0.717, 1.165) is 0 Å². The van der Waals surface area contributed by atoms with E-state index < -0.39 is 0 Å². The van der Waals surface area contributed by atoms with Gasteiger partial charge >= 0.3 is 0 Å². The van der Waals surface area contributed by atoms with Crippen LogP contribution in [-0.4, -0.2) is 42.6 Å². The highest BCUT2D eigenvalue weighted by atomic mass is 15.3. The van der Waals surface area contributed by atoms with Crippen LogP contribution < -0.4 is 0 Å². The lowest BCUT2D eigenvalue weighted by molar-refractivity contribution is 0.0907. The first-order chi connectivity index (χ1) is 5.36. The second-order valence-electron chi connectivity index (χ2n) is 3.32. The first-order valence-electron chi connectivity index (χ1n) is 4.81. The zero-order chi connectivity index (χ0) is 8.10. The minimum Gasteiger partial charge on any atom is -0.291 e. The predicted octanol–water partition coefficient (Wildman–Crippen LogP) is 1.38. The number of hydrogen-bond donors (Lipinski definition) is 0. The molecule has 0 aromatic heterocycles. The maximum absolute atomic E-state index is 2.55. The van der Waals surface area contributed by atoms with Crippen molar-refractivity contribution in [3.63, 3.8) is 0 Å². The topological polar surface area (TPSA) is 6.48 Å². The van der Waals surface area contributed by atoms with Crippen LogP contribution in [0, 0.1) is 0 Å². The van der Waals surface area contributed by atoms with E-state index in [-0.39, 0.29) is 0 Å². The van der Waals surface area contributed by atoms with Crippen LogP contribution in [0.3, 0.4) is 0 Å². The van der Waals surface area contributed by atoms with Crippen LogP contribution in [-0.2, 0) is 0 Å². The van der Waals surface area contributed by atoms with Gasteiger partial charge in [0.1, 0.15) is 0 Å². The average molecular weight is 156 g/mol. The first kappa shape index (κ1) is 9.01. The van der Waals surface area contributed by atoms with Gasteiger partial charge in [0.05, 0.1) is 6.67 Å². The Labute approximate surface area is 70.2 Å². The van der Waals surface area contributed by atoms with E-state index in [1.165, 1.54) is 45.7 Å². The van der Waals surface area contributed by atoms with E-state index in [1.54, 1.807) is 0 Å². The van der Waals surface area contributed by atoms with Gasteiger partial charge in [-0.05, 0) is 25.9 Å². The Morgan fingerprint density at radius 1 is 1.09 bits per heavy atom. The molecular formula is C9H20N2. The number of nitrogens with zero attached hydrogens (tertiary/aromatic N) is 2. The Kier molecular flexibility index (Phi) is 3.87. The fourth-order valence-electron chi connectivity index (χ4n) is 1.70. The molecule has 0 radical (unpaired) electrons. The largest absolute Gasteiger partial charge is 0.291 e.